The smallest absolute Gasteiger partial charge is 0.192 e. The molecule has 0 bridgehead atoms. The molecule has 10 heteroatoms. The first kappa shape index (κ1) is 19.4. The van der Waals surface area contributed by atoms with Gasteiger partial charge in [0, 0.05) is 0 Å². The molecular formula is C16H28FN5O3Si. The van der Waals surface area contributed by atoms with E-state index in [9.17, 15) is 5.11 Å². The number of nitrogens with zero attached hydrogens (tertiary/aromatic N) is 4. The van der Waals surface area contributed by atoms with E-state index < -0.39 is 45.1 Å². The lowest BCUT2D eigenvalue weighted by Gasteiger charge is -2.39. The largest absolute Gasteiger partial charge is 0.408 e. The van der Waals surface area contributed by atoms with Crippen LogP contribution in [-0.2, 0) is 9.16 Å². The standard InChI is InChI=1S/C16H28FN5O3Si/c1-16(2,3)26(4,5)25-12-9(6-23)24-15(10(12)17)22-8-21-11-13(18)19-7-20-14(11)22/h7-12,14-15,23H,6H2,1-5H3,(H2,18,19,20)/t9?,10-,11?,12?,14?,15-/m1/s1. The molecule has 1 saturated heterocycles. The minimum Gasteiger partial charge on any atom is -0.408 e. The number of halogens is 1. The van der Waals surface area contributed by atoms with Gasteiger partial charge in [0.1, 0.15) is 30.4 Å². The van der Waals surface area contributed by atoms with E-state index in [4.69, 9.17) is 14.9 Å². The minimum atomic E-state index is -2.24. The van der Waals surface area contributed by atoms with E-state index in [0.29, 0.717) is 5.84 Å². The summed E-state index contributed by atoms with van der Waals surface area (Å²) in [6, 6.07) is -0.441. The van der Waals surface area contributed by atoms with Crippen LogP contribution in [0.3, 0.4) is 0 Å². The molecule has 26 heavy (non-hydrogen) atoms. The molecule has 0 spiro atoms. The molecule has 0 aromatic rings. The Balaban J connectivity index is 1.79. The first-order valence-corrected chi connectivity index (χ1v) is 11.7. The van der Waals surface area contributed by atoms with Crippen molar-refractivity contribution in [2.45, 2.75) is 75.7 Å². The van der Waals surface area contributed by atoms with Gasteiger partial charge in [-0.05, 0) is 18.1 Å². The summed E-state index contributed by atoms with van der Waals surface area (Å²) in [7, 11) is -2.24. The number of alkyl halides is 1. The second-order valence-corrected chi connectivity index (χ2v) is 13.2. The molecule has 6 atom stereocenters. The van der Waals surface area contributed by atoms with Crippen molar-refractivity contribution in [3.05, 3.63) is 0 Å². The predicted octanol–water partition coefficient (Wildman–Crippen LogP) is 0.870. The van der Waals surface area contributed by atoms with Crippen LogP contribution in [-0.4, -0.2) is 80.3 Å². The van der Waals surface area contributed by atoms with Crippen molar-refractivity contribution in [3.8, 4) is 0 Å². The number of hydrogen-bond donors (Lipinski definition) is 2. The van der Waals surface area contributed by atoms with Crippen LogP contribution in [0, 0.1) is 0 Å². The molecule has 0 aromatic heterocycles. The maximum atomic E-state index is 15.4. The topological polar surface area (TPSA) is 105 Å². The van der Waals surface area contributed by atoms with Gasteiger partial charge >= 0.3 is 0 Å². The lowest BCUT2D eigenvalue weighted by atomic mass is 10.1. The Morgan fingerprint density at radius 3 is 2.69 bits per heavy atom. The van der Waals surface area contributed by atoms with E-state index in [1.807, 2.05) is 0 Å². The van der Waals surface area contributed by atoms with Crippen LogP contribution in [0.5, 0.6) is 0 Å². The van der Waals surface area contributed by atoms with Crippen molar-refractivity contribution >= 4 is 26.8 Å². The zero-order chi connectivity index (χ0) is 19.3. The first-order chi connectivity index (χ1) is 12.1. The molecule has 3 heterocycles. The number of hydrogen-bond acceptors (Lipinski definition) is 8. The highest BCUT2D eigenvalue weighted by molar-refractivity contribution is 6.74. The van der Waals surface area contributed by atoms with Gasteiger partial charge in [-0.25, -0.2) is 14.4 Å². The Hall–Kier alpha value is -1.36. The van der Waals surface area contributed by atoms with E-state index in [1.165, 1.54) is 12.7 Å². The lowest BCUT2D eigenvalue weighted by molar-refractivity contribution is -0.0685. The molecule has 3 aliphatic rings. The van der Waals surface area contributed by atoms with Gasteiger partial charge in [0.05, 0.1) is 12.9 Å². The maximum absolute atomic E-state index is 15.4. The molecule has 0 radical (unpaired) electrons. The number of amidine groups is 1. The Bertz CT molecular complexity index is 636. The van der Waals surface area contributed by atoms with E-state index in [2.05, 4.69) is 48.8 Å². The highest BCUT2D eigenvalue weighted by atomic mass is 28.4. The van der Waals surface area contributed by atoms with Crippen LogP contribution in [0.15, 0.2) is 15.0 Å². The van der Waals surface area contributed by atoms with Crippen molar-refractivity contribution in [2.75, 3.05) is 6.61 Å². The molecule has 3 rings (SSSR count). The van der Waals surface area contributed by atoms with Crippen LogP contribution in [0.2, 0.25) is 18.1 Å². The van der Waals surface area contributed by atoms with Crippen LogP contribution in [0.25, 0.3) is 0 Å². The molecule has 0 aliphatic carbocycles. The molecule has 146 valence electrons. The summed E-state index contributed by atoms with van der Waals surface area (Å²) >= 11 is 0. The van der Waals surface area contributed by atoms with Gasteiger partial charge in [0.2, 0.25) is 0 Å². The van der Waals surface area contributed by atoms with E-state index in [-0.39, 0.29) is 11.6 Å². The number of ether oxygens (including phenoxy) is 1. The zero-order valence-electron chi connectivity index (χ0n) is 15.8. The molecule has 0 saturated carbocycles. The fourth-order valence-electron chi connectivity index (χ4n) is 3.04. The average Bonchev–Trinajstić information content (AvgIpc) is 3.09. The highest BCUT2D eigenvalue weighted by Crippen LogP contribution is 2.41. The third kappa shape index (κ3) is 3.19. The van der Waals surface area contributed by atoms with Gasteiger partial charge in [0.15, 0.2) is 26.9 Å². The Morgan fingerprint density at radius 2 is 2.08 bits per heavy atom. The summed E-state index contributed by atoms with van der Waals surface area (Å²) in [5, 5.41) is 9.63. The number of rotatable bonds is 4. The Morgan fingerprint density at radius 1 is 1.38 bits per heavy atom. The maximum Gasteiger partial charge on any atom is 0.192 e. The number of aliphatic hydroxyl groups is 1. The van der Waals surface area contributed by atoms with E-state index >= 15 is 4.39 Å². The summed E-state index contributed by atoms with van der Waals surface area (Å²) in [6.07, 6.45) is -1.59. The summed E-state index contributed by atoms with van der Waals surface area (Å²) in [5.74, 6) is 0.338. The molecule has 0 amide bonds. The molecule has 0 aromatic carbocycles. The molecule has 8 nitrogen and oxygen atoms in total. The summed E-state index contributed by atoms with van der Waals surface area (Å²) in [6.45, 7) is 10.1. The minimum absolute atomic E-state index is 0.0798. The fourth-order valence-corrected chi connectivity index (χ4v) is 4.36. The predicted molar refractivity (Wildman–Crippen MR) is 101 cm³/mol. The quantitative estimate of drug-likeness (QED) is 0.699. The van der Waals surface area contributed by atoms with Gasteiger partial charge in [0.25, 0.3) is 0 Å². The van der Waals surface area contributed by atoms with Gasteiger partial charge < -0.3 is 24.9 Å². The molecule has 4 unspecified atom stereocenters. The van der Waals surface area contributed by atoms with Crippen LogP contribution >= 0.6 is 0 Å². The van der Waals surface area contributed by atoms with Crippen molar-refractivity contribution < 1.29 is 18.7 Å². The molecule has 1 fully saturated rings. The van der Waals surface area contributed by atoms with Crippen molar-refractivity contribution in [1.82, 2.24) is 4.90 Å². The van der Waals surface area contributed by atoms with Gasteiger partial charge in [-0.2, -0.15) is 0 Å². The summed E-state index contributed by atoms with van der Waals surface area (Å²) in [5.41, 5.74) is 5.85. The summed E-state index contributed by atoms with van der Waals surface area (Å²) in [4.78, 5) is 14.1. The van der Waals surface area contributed by atoms with Crippen LogP contribution in [0.4, 0.5) is 4.39 Å². The monoisotopic (exact) mass is 385 g/mol. The third-order valence-corrected chi connectivity index (χ3v) is 10.1. The normalized spacial score (nSPS) is 37.2. The zero-order valence-corrected chi connectivity index (χ0v) is 16.8. The van der Waals surface area contributed by atoms with E-state index in [0.717, 1.165) is 0 Å². The average molecular weight is 386 g/mol. The van der Waals surface area contributed by atoms with Crippen molar-refractivity contribution in [2.24, 2.45) is 20.7 Å². The lowest BCUT2D eigenvalue weighted by Crippen LogP contribution is -2.52. The fraction of sp³-hybridized carbons (Fsp3) is 0.812. The second kappa shape index (κ2) is 6.66. The number of nitrogens with two attached hydrogens (primary N) is 1. The Kier molecular flexibility index (Phi) is 4.97. The van der Waals surface area contributed by atoms with Crippen molar-refractivity contribution in [3.63, 3.8) is 0 Å². The van der Waals surface area contributed by atoms with Gasteiger partial charge in [-0.3, -0.25) is 4.99 Å². The summed E-state index contributed by atoms with van der Waals surface area (Å²) < 4.78 is 27.4. The molecular weight excluding hydrogens is 357 g/mol. The molecule has 3 N–H and O–H groups in total. The third-order valence-electron chi connectivity index (χ3n) is 5.66. The molecule has 3 aliphatic heterocycles. The Labute approximate surface area is 154 Å². The SMILES string of the molecule is CC(C)(C)[Si](C)(C)OC1C(CO)O[C@@H](N2C=NC3C(N)=NC=NC32)[C@@H]1F. The highest BCUT2D eigenvalue weighted by Gasteiger charge is 2.54. The number of aliphatic imine (C=N–C) groups is 3. The van der Waals surface area contributed by atoms with E-state index in [1.54, 1.807) is 4.90 Å². The van der Waals surface area contributed by atoms with Crippen LogP contribution in [0.1, 0.15) is 20.8 Å². The van der Waals surface area contributed by atoms with Crippen molar-refractivity contribution in [1.29, 1.82) is 0 Å². The number of fused-ring (bicyclic) bond motifs is 1. The van der Waals surface area contributed by atoms with Gasteiger partial charge in [-0.15, -0.1) is 0 Å². The van der Waals surface area contributed by atoms with Crippen LogP contribution < -0.4 is 5.73 Å². The van der Waals surface area contributed by atoms with Gasteiger partial charge in [-0.1, -0.05) is 20.8 Å². The second-order valence-electron chi connectivity index (χ2n) is 8.42. The first-order valence-electron chi connectivity index (χ1n) is 8.80. The number of aliphatic hydroxyl groups excluding tert-OH is 1.